The summed E-state index contributed by atoms with van der Waals surface area (Å²) < 4.78 is 40.1. The third-order valence-electron chi connectivity index (χ3n) is 4.63. The first-order chi connectivity index (χ1) is 14.0. The molecule has 4 aromatic rings. The van der Waals surface area contributed by atoms with Gasteiger partial charge in [-0.3, -0.25) is 0 Å². The molecule has 0 aliphatic rings. The lowest BCUT2D eigenvalue weighted by molar-refractivity contribution is 0.589. The van der Waals surface area contributed by atoms with E-state index in [2.05, 4.69) is 0 Å². The Morgan fingerprint density at radius 3 is 2.24 bits per heavy atom. The summed E-state index contributed by atoms with van der Waals surface area (Å²) in [5.74, 6) is 0. The van der Waals surface area contributed by atoms with Crippen LogP contribution in [-0.4, -0.2) is 16.6 Å². The minimum Gasteiger partial charge on any atom is -0.250 e. The predicted molar refractivity (Wildman–Crippen MR) is 118 cm³/mol. The third-order valence-corrected chi connectivity index (χ3v) is 7.44. The first kappa shape index (κ1) is 19.4. The van der Waals surface area contributed by atoms with E-state index in [-0.39, 0.29) is 4.90 Å². The fourth-order valence-electron chi connectivity index (χ4n) is 3.10. The monoisotopic (exact) mass is 421 g/mol. The molecule has 0 fully saturated rings. The molecule has 0 bridgehead atoms. The third kappa shape index (κ3) is 3.81. The summed E-state index contributed by atoms with van der Waals surface area (Å²) in [5, 5.41) is 2.37. The van der Waals surface area contributed by atoms with E-state index in [9.17, 15) is 12.6 Å². The highest BCUT2D eigenvalue weighted by atomic mass is 32.2. The lowest BCUT2D eigenvalue weighted by atomic mass is 10.2. The van der Waals surface area contributed by atoms with Crippen molar-refractivity contribution in [1.29, 1.82) is 0 Å². The van der Waals surface area contributed by atoms with E-state index in [0.717, 1.165) is 10.9 Å². The average Bonchev–Trinajstić information content (AvgIpc) is 3.13. The summed E-state index contributed by atoms with van der Waals surface area (Å²) in [5.41, 5.74) is 2.38. The van der Waals surface area contributed by atoms with Crippen molar-refractivity contribution in [3.63, 3.8) is 0 Å². The molecule has 0 amide bonds. The van der Waals surface area contributed by atoms with Gasteiger partial charge in [-0.1, -0.05) is 54.1 Å². The van der Waals surface area contributed by atoms with Crippen molar-refractivity contribution in [2.75, 3.05) is 0 Å². The van der Waals surface area contributed by atoms with Gasteiger partial charge in [0, 0.05) is 27.5 Å². The minimum atomic E-state index is -3.73. The van der Waals surface area contributed by atoms with E-state index < -0.39 is 20.8 Å². The summed E-state index contributed by atoms with van der Waals surface area (Å²) in [7, 11) is -5.06. The second kappa shape index (κ2) is 7.81. The van der Waals surface area contributed by atoms with Gasteiger partial charge < -0.3 is 0 Å². The maximum absolute atomic E-state index is 13.1. The Labute approximate surface area is 172 Å². The molecule has 1 heterocycles. The summed E-state index contributed by atoms with van der Waals surface area (Å²) >= 11 is 0. The first-order valence-electron chi connectivity index (χ1n) is 9.03. The van der Waals surface area contributed by atoms with Crippen LogP contribution in [0.4, 0.5) is 0 Å². The fourth-order valence-corrected chi connectivity index (χ4v) is 5.33. The van der Waals surface area contributed by atoms with E-state index >= 15 is 0 Å². The molecule has 0 saturated heterocycles. The minimum absolute atomic E-state index is 0.222. The Morgan fingerprint density at radius 2 is 1.52 bits per heavy atom. The van der Waals surface area contributed by atoms with Crippen molar-refractivity contribution < 1.29 is 12.6 Å². The number of rotatable bonds is 5. The standard InChI is InChI=1S/C23H19NO3S2/c1-18-11-13-20(14-12-18)28(25)16-15-19-17-24(23-10-6-5-9-22(19)23)29(26,27)21-7-3-2-4-8-21/h2-17H,1H3/b16-15+. The second-order valence-electron chi connectivity index (χ2n) is 6.63. The van der Waals surface area contributed by atoms with Crippen LogP contribution in [0.1, 0.15) is 11.1 Å². The molecule has 0 saturated carbocycles. The van der Waals surface area contributed by atoms with Crippen molar-refractivity contribution >= 4 is 37.8 Å². The molecule has 4 rings (SSSR count). The SMILES string of the molecule is Cc1ccc(S(=O)/C=C/c2cn(S(=O)(=O)c3ccccc3)c3ccccc23)cc1. The van der Waals surface area contributed by atoms with Gasteiger partial charge in [-0.05, 0) is 43.3 Å². The smallest absolute Gasteiger partial charge is 0.250 e. The molecule has 1 unspecified atom stereocenters. The van der Waals surface area contributed by atoms with Crippen LogP contribution in [-0.2, 0) is 20.8 Å². The number of para-hydroxylation sites is 1. The Hall–Kier alpha value is -2.96. The highest BCUT2D eigenvalue weighted by molar-refractivity contribution is 7.90. The van der Waals surface area contributed by atoms with E-state index in [1.807, 2.05) is 43.3 Å². The summed E-state index contributed by atoms with van der Waals surface area (Å²) in [6, 6.07) is 23.1. The van der Waals surface area contributed by atoms with E-state index in [1.165, 1.54) is 3.97 Å². The Kier molecular flexibility index (Phi) is 5.22. The molecule has 0 radical (unpaired) electrons. The van der Waals surface area contributed by atoms with E-state index in [0.29, 0.717) is 16.0 Å². The molecule has 3 aromatic carbocycles. The van der Waals surface area contributed by atoms with Gasteiger partial charge in [0.2, 0.25) is 0 Å². The number of hydrogen-bond acceptors (Lipinski definition) is 3. The molecule has 146 valence electrons. The zero-order valence-corrected chi connectivity index (χ0v) is 17.4. The molecule has 0 N–H and O–H groups in total. The van der Waals surface area contributed by atoms with Gasteiger partial charge >= 0.3 is 0 Å². The zero-order chi connectivity index (χ0) is 20.4. The van der Waals surface area contributed by atoms with Crippen molar-refractivity contribution in [2.24, 2.45) is 0 Å². The van der Waals surface area contributed by atoms with Crippen LogP contribution >= 0.6 is 0 Å². The largest absolute Gasteiger partial charge is 0.268 e. The van der Waals surface area contributed by atoms with Crippen molar-refractivity contribution in [2.45, 2.75) is 16.7 Å². The Morgan fingerprint density at radius 1 is 0.862 bits per heavy atom. The van der Waals surface area contributed by atoms with Gasteiger partial charge in [0.25, 0.3) is 10.0 Å². The molecular weight excluding hydrogens is 402 g/mol. The highest BCUT2D eigenvalue weighted by Crippen LogP contribution is 2.27. The van der Waals surface area contributed by atoms with Gasteiger partial charge in [-0.15, -0.1) is 0 Å². The molecule has 0 aliphatic heterocycles. The molecular formula is C23H19NO3S2. The number of fused-ring (bicyclic) bond motifs is 1. The van der Waals surface area contributed by atoms with Crippen LogP contribution in [0.2, 0.25) is 0 Å². The van der Waals surface area contributed by atoms with E-state index in [1.54, 1.807) is 60.1 Å². The topological polar surface area (TPSA) is 56.1 Å². The van der Waals surface area contributed by atoms with E-state index in [4.69, 9.17) is 0 Å². The zero-order valence-electron chi connectivity index (χ0n) is 15.7. The number of nitrogens with zero attached hydrogens (tertiary/aromatic N) is 1. The molecule has 0 aliphatic carbocycles. The van der Waals surface area contributed by atoms with Gasteiger partial charge in [0.15, 0.2) is 0 Å². The molecule has 1 atom stereocenters. The summed E-state index contributed by atoms with van der Waals surface area (Å²) in [4.78, 5) is 0.923. The van der Waals surface area contributed by atoms with Crippen LogP contribution in [0, 0.1) is 6.92 Å². The number of aromatic nitrogens is 1. The lowest BCUT2D eigenvalue weighted by Crippen LogP contribution is -2.11. The Balaban J connectivity index is 1.77. The van der Waals surface area contributed by atoms with Crippen LogP contribution in [0.5, 0.6) is 0 Å². The summed E-state index contributed by atoms with van der Waals surface area (Å²) in [6.45, 7) is 1.98. The van der Waals surface area contributed by atoms with Crippen LogP contribution < -0.4 is 0 Å². The number of benzene rings is 3. The van der Waals surface area contributed by atoms with Crippen LogP contribution in [0.15, 0.2) is 100 Å². The molecule has 1 aromatic heterocycles. The molecule has 0 spiro atoms. The quantitative estimate of drug-likeness (QED) is 0.457. The average molecular weight is 422 g/mol. The van der Waals surface area contributed by atoms with Crippen molar-refractivity contribution in [1.82, 2.24) is 3.97 Å². The van der Waals surface area contributed by atoms with Crippen molar-refractivity contribution in [3.8, 4) is 0 Å². The fraction of sp³-hybridized carbons (Fsp3) is 0.0435. The maximum atomic E-state index is 13.1. The van der Waals surface area contributed by atoms with Crippen LogP contribution in [0.3, 0.4) is 0 Å². The highest BCUT2D eigenvalue weighted by Gasteiger charge is 2.20. The lowest BCUT2D eigenvalue weighted by Gasteiger charge is -2.07. The van der Waals surface area contributed by atoms with Gasteiger partial charge in [0.1, 0.15) is 0 Å². The maximum Gasteiger partial charge on any atom is 0.268 e. The number of hydrogen-bond donors (Lipinski definition) is 0. The first-order valence-corrected chi connectivity index (χ1v) is 11.7. The predicted octanol–water partition coefficient (Wildman–Crippen LogP) is 4.97. The van der Waals surface area contributed by atoms with Gasteiger partial charge in [-0.2, -0.15) is 0 Å². The summed E-state index contributed by atoms with van der Waals surface area (Å²) in [6.07, 6.45) is 3.30. The second-order valence-corrected chi connectivity index (χ2v) is 9.78. The van der Waals surface area contributed by atoms with Crippen molar-refractivity contribution in [3.05, 3.63) is 102 Å². The van der Waals surface area contributed by atoms with Crippen LogP contribution in [0.25, 0.3) is 17.0 Å². The normalized spacial score (nSPS) is 13.1. The van der Waals surface area contributed by atoms with Gasteiger partial charge in [0.05, 0.1) is 21.2 Å². The Bertz CT molecular complexity index is 1320. The molecule has 29 heavy (non-hydrogen) atoms. The molecule has 6 heteroatoms. The molecule has 4 nitrogen and oxygen atoms in total. The number of aryl methyl sites for hydroxylation is 1. The van der Waals surface area contributed by atoms with Gasteiger partial charge in [-0.25, -0.2) is 16.6 Å².